The third-order valence-electron chi connectivity index (χ3n) is 1.30. The molecule has 0 heterocycles. The first-order valence-corrected chi connectivity index (χ1v) is 3.13. The molecule has 10 heavy (non-hydrogen) atoms. The summed E-state index contributed by atoms with van der Waals surface area (Å²) in [4.78, 5) is 0. The van der Waals surface area contributed by atoms with Gasteiger partial charge in [0.05, 0.1) is 0 Å². The van der Waals surface area contributed by atoms with Crippen molar-refractivity contribution in [2.45, 2.75) is 13.8 Å². The summed E-state index contributed by atoms with van der Waals surface area (Å²) >= 11 is 0. The molecule has 0 aromatic rings. The summed E-state index contributed by atoms with van der Waals surface area (Å²) < 4.78 is 0. The second kappa shape index (κ2) is 3.83. The molecule has 0 bridgehead atoms. The van der Waals surface area contributed by atoms with E-state index in [1.807, 2.05) is 13.0 Å². The standard InChI is InChI=1S/C9H13N/c1-5-6-7(2)8(3)9(4)10/h5-6,10H,1,3H2,2,4H3/b7-6-,10-9?. The van der Waals surface area contributed by atoms with E-state index in [4.69, 9.17) is 5.41 Å². The van der Waals surface area contributed by atoms with E-state index in [9.17, 15) is 0 Å². The van der Waals surface area contributed by atoms with Gasteiger partial charge < -0.3 is 5.41 Å². The zero-order valence-corrected chi connectivity index (χ0v) is 6.57. The van der Waals surface area contributed by atoms with Gasteiger partial charge in [-0.1, -0.05) is 25.3 Å². The summed E-state index contributed by atoms with van der Waals surface area (Å²) in [6.45, 7) is 10.9. The first kappa shape index (κ1) is 8.89. The molecule has 0 atom stereocenters. The van der Waals surface area contributed by atoms with E-state index < -0.39 is 0 Å². The predicted octanol–water partition coefficient (Wildman–Crippen LogP) is 2.71. The summed E-state index contributed by atoms with van der Waals surface area (Å²) in [6.07, 6.45) is 3.55. The quantitative estimate of drug-likeness (QED) is 0.454. The molecule has 0 saturated carbocycles. The Morgan fingerprint density at radius 3 is 2.20 bits per heavy atom. The van der Waals surface area contributed by atoms with Crippen LogP contribution < -0.4 is 0 Å². The third-order valence-corrected chi connectivity index (χ3v) is 1.30. The van der Waals surface area contributed by atoms with Crippen LogP contribution in [-0.2, 0) is 0 Å². The Morgan fingerprint density at radius 1 is 1.40 bits per heavy atom. The van der Waals surface area contributed by atoms with Crippen molar-refractivity contribution in [1.82, 2.24) is 0 Å². The molecular weight excluding hydrogens is 122 g/mol. The van der Waals surface area contributed by atoms with Crippen molar-refractivity contribution in [1.29, 1.82) is 5.41 Å². The number of nitrogens with one attached hydrogen (secondary N) is 1. The molecule has 1 heteroatoms. The minimum atomic E-state index is 0.510. The van der Waals surface area contributed by atoms with Gasteiger partial charge in [0.15, 0.2) is 0 Å². The smallest absolute Gasteiger partial charge is 0.0351 e. The number of hydrogen-bond donors (Lipinski definition) is 1. The maximum absolute atomic E-state index is 7.23. The maximum Gasteiger partial charge on any atom is 0.0351 e. The summed E-state index contributed by atoms with van der Waals surface area (Å²) in [5.41, 5.74) is 2.29. The molecule has 0 amide bonds. The van der Waals surface area contributed by atoms with Crippen molar-refractivity contribution in [3.05, 3.63) is 36.5 Å². The Balaban J connectivity index is 4.36. The van der Waals surface area contributed by atoms with E-state index >= 15 is 0 Å². The summed E-state index contributed by atoms with van der Waals surface area (Å²) in [6, 6.07) is 0. The van der Waals surface area contributed by atoms with E-state index in [-0.39, 0.29) is 0 Å². The van der Waals surface area contributed by atoms with Crippen molar-refractivity contribution in [3.8, 4) is 0 Å². The minimum Gasteiger partial charge on any atom is -0.305 e. The first-order chi connectivity index (χ1) is 4.59. The molecule has 0 saturated heterocycles. The van der Waals surface area contributed by atoms with Crippen LogP contribution in [0.2, 0.25) is 0 Å². The molecule has 0 aromatic heterocycles. The fourth-order valence-corrected chi connectivity index (χ4v) is 0.573. The molecule has 0 spiro atoms. The average Bonchev–Trinajstić information content (AvgIpc) is 1.87. The monoisotopic (exact) mass is 135 g/mol. The molecule has 54 valence electrons. The van der Waals surface area contributed by atoms with Gasteiger partial charge in [-0.2, -0.15) is 0 Å². The lowest BCUT2D eigenvalue weighted by atomic mass is 10.1. The lowest BCUT2D eigenvalue weighted by Gasteiger charge is -2.00. The van der Waals surface area contributed by atoms with Crippen molar-refractivity contribution in [2.24, 2.45) is 0 Å². The third kappa shape index (κ3) is 2.44. The molecule has 0 rings (SSSR count). The van der Waals surface area contributed by atoms with Crippen molar-refractivity contribution < 1.29 is 0 Å². The van der Waals surface area contributed by atoms with Crippen LogP contribution in [0.5, 0.6) is 0 Å². The Labute approximate surface area is 62.3 Å². The zero-order valence-electron chi connectivity index (χ0n) is 6.57. The van der Waals surface area contributed by atoms with Gasteiger partial charge in [-0.15, -0.1) is 0 Å². The van der Waals surface area contributed by atoms with Gasteiger partial charge in [0.2, 0.25) is 0 Å². The van der Waals surface area contributed by atoms with Crippen LogP contribution >= 0.6 is 0 Å². The highest BCUT2D eigenvalue weighted by atomic mass is 14.4. The highest BCUT2D eigenvalue weighted by Crippen LogP contribution is 2.06. The van der Waals surface area contributed by atoms with Crippen molar-refractivity contribution in [3.63, 3.8) is 0 Å². The van der Waals surface area contributed by atoms with E-state index in [0.717, 1.165) is 11.1 Å². The molecule has 1 nitrogen and oxygen atoms in total. The largest absolute Gasteiger partial charge is 0.305 e. The Kier molecular flexibility index (Phi) is 3.40. The van der Waals surface area contributed by atoms with Crippen LogP contribution in [0.3, 0.4) is 0 Å². The number of rotatable bonds is 3. The van der Waals surface area contributed by atoms with Crippen LogP contribution in [-0.4, -0.2) is 5.71 Å². The zero-order chi connectivity index (χ0) is 8.15. The Hall–Kier alpha value is -1.11. The normalized spacial score (nSPS) is 10.8. The van der Waals surface area contributed by atoms with Gasteiger partial charge in [0, 0.05) is 5.71 Å². The molecule has 0 unspecified atom stereocenters. The Morgan fingerprint density at radius 2 is 1.90 bits per heavy atom. The van der Waals surface area contributed by atoms with E-state index in [1.165, 1.54) is 0 Å². The van der Waals surface area contributed by atoms with E-state index in [1.54, 1.807) is 13.0 Å². The molecule has 0 fully saturated rings. The fourth-order valence-electron chi connectivity index (χ4n) is 0.573. The Bertz CT molecular complexity index is 197. The molecule has 0 aliphatic rings. The van der Waals surface area contributed by atoms with Crippen LogP contribution in [0.1, 0.15) is 13.8 Å². The van der Waals surface area contributed by atoms with Crippen LogP contribution in [0.4, 0.5) is 0 Å². The molecule has 0 radical (unpaired) electrons. The molecule has 0 aliphatic heterocycles. The van der Waals surface area contributed by atoms with Crippen LogP contribution in [0.25, 0.3) is 0 Å². The second-order valence-corrected chi connectivity index (χ2v) is 2.19. The number of hydrogen-bond acceptors (Lipinski definition) is 1. The van der Waals surface area contributed by atoms with Gasteiger partial charge in [0.1, 0.15) is 0 Å². The second-order valence-electron chi connectivity index (χ2n) is 2.19. The van der Waals surface area contributed by atoms with E-state index in [0.29, 0.717) is 5.71 Å². The minimum absolute atomic E-state index is 0.510. The number of allylic oxidation sites excluding steroid dienone is 4. The van der Waals surface area contributed by atoms with Gasteiger partial charge in [-0.25, -0.2) is 0 Å². The topological polar surface area (TPSA) is 23.9 Å². The highest BCUT2D eigenvalue weighted by Gasteiger charge is 1.96. The van der Waals surface area contributed by atoms with Crippen LogP contribution in [0, 0.1) is 5.41 Å². The summed E-state index contributed by atoms with van der Waals surface area (Å²) in [5, 5.41) is 7.23. The molecule has 1 N–H and O–H groups in total. The van der Waals surface area contributed by atoms with Gasteiger partial charge in [-0.05, 0) is 25.0 Å². The first-order valence-electron chi connectivity index (χ1n) is 3.13. The predicted molar refractivity (Wildman–Crippen MR) is 46.5 cm³/mol. The lowest BCUT2D eigenvalue weighted by Crippen LogP contribution is -1.93. The molecule has 0 aromatic carbocycles. The lowest BCUT2D eigenvalue weighted by molar-refractivity contribution is 1.40. The van der Waals surface area contributed by atoms with Gasteiger partial charge in [-0.3, -0.25) is 0 Å². The molecule has 0 aliphatic carbocycles. The van der Waals surface area contributed by atoms with E-state index in [2.05, 4.69) is 13.2 Å². The summed E-state index contributed by atoms with van der Waals surface area (Å²) in [7, 11) is 0. The SMILES string of the molecule is C=C/C=C(/C)C(=C)C(C)=N. The summed E-state index contributed by atoms with van der Waals surface area (Å²) in [5.74, 6) is 0. The average molecular weight is 135 g/mol. The fraction of sp³-hybridized carbons (Fsp3) is 0.222. The molecular formula is C9H13N. The highest BCUT2D eigenvalue weighted by molar-refractivity contribution is 5.99. The van der Waals surface area contributed by atoms with Gasteiger partial charge in [0.25, 0.3) is 0 Å². The van der Waals surface area contributed by atoms with Gasteiger partial charge >= 0.3 is 0 Å². The van der Waals surface area contributed by atoms with Crippen molar-refractivity contribution >= 4 is 5.71 Å². The van der Waals surface area contributed by atoms with Crippen LogP contribution in [0.15, 0.2) is 36.5 Å². The maximum atomic E-state index is 7.23. The van der Waals surface area contributed by atoms with Crippen molar-refractivity contribution in [2.75, 3.05) is 0 Å².